The molecular weight excluding hydrogens is 254 g/mol. The minimum Gasteiger partial charge on any atom is -0.490 e. The average molecular weight is 277 g/mol. The van der Waals surface area contributed by atoms with Crippen LogP contribution in [0.4, 0.5) is 0 Å². The largest absolute Gasteiger partial charge is 0.490 e. The summed E-state index contributed by atoms with van der Waals surface area (Å²) in [5, 5.41) is 0. The molecule has 2 heterocycles. The Balaban J connectivity index is 1.62. The second-order valence-corrected chi connectivity index (χ2v) is 5.92. The Bertz CT molecular complexity index is 438. The molecule has 2 aliphatic rings. The van der Waals surface area contributed by atoms with Crippen molar-refractivity contribution in [3.05, 3.63) is 29.8 Å². The minimum atomic E-state index is -0.103. The van der Waals surface area contributed by atoms with Gasteiger partial charge in [0.2, 0.25) is 0 Å². The molecule has 20 heavy (non-hydrogen) atoms. The second kappa shape index (κ2) is 5.72. The summed E-state index contributed by atoms with van der Waals surface area (Å²) in [7, 11) is 0. The highest BCUT2D eigenvalue weighted by Crippen LogP contribution is 2.34. The van der Waals surface area contributed by atoms with Gasteiger partial charge in [-0.3, -0.25) is 0 Å². The van der Waals surface area contributed by atoms with Crippen molar-refractivity contribution in [1.29, 1.82) is 0 Å². The predicted octanol–water partition coefficient (Wildman–Crippen LogP) is 2.42. The van der Waals surface area contributed by atoms with Crippen LogP contribution in [0.3, 0.4) is 0 Å². The minimum absolute atomic E-state index is 0.0611. The van der Waals surface area contributed by atoms with Crippen molar-refractivity contribution in [2.24, 2.45) is 5.73 Å². The summed E-state index contributed by atoms with van der Waals surface area (Å²) in [6.07, 6.45) is 3.06. The highest BCUT2D eigenvalue weighted by Gasteiger charge is 2.41. The molecule has 0 amide bonds. The molecule has 2 unspecified atom stereocenters. The Labute approximate surface area is 120 Å². The topological polar surface area (TPSA) is 53.7 Å². The summed E-state index contributed by atoms with van der Waals surface area (Å²) in [6, 6.07) is 8.14. The Morgan fingerprint density at radius 1 is 1.30 bits per heavy atom. The van der Waals surface area contributed by atoms with Gasteiger partial charge in [-0.05, 0) is 24.6 Å². The molecule has 1 spiro atoms. The lowest BCUT2D eigenvalue weighted by Crippen LogP contribution is -2.44. The van der Waals surface area contributed by atoms with Crippen LogP contribution in [0, 0.1) is 0 Å². The molecule has 4 nitrogen and oxygen atoms in total. The van der Waals surface area contributed by atoms with Crippen molar-refractivity contribution in [1.82, 2.24) is 0 Å². The summed E-state index contributed by atoms with van der Waals surface area (Å²) in [5.74, 6) is 0.912. The van der Waals surface area contributed by atoms with Gasteiger partial charge in [-0.2, -0.15) is 0 Å². The van der Waals surface area contributed by atoms with E-state index in [2.05, 4.69) is 0 Å². The molecule has 1 aromatic rings. The van der Waals surface area contributed by atoms with Gasteiger partial charge in [0.15, 0.2) is 0 Å². The Kier molecular flexibility index (Phi) is 3.96. The SMILES string of the molecule is C[C@H](N)c1ccc(OC2CCOC3(CCOC3)C2)cc1. The Hall–Kier alpha value is -1.10. The van der Waals surface area contributed by atoms with Crippen LogP contribution in [-0.2, 0) is 9.47 Å². The van der Waals surface area contributed by atoms with Crippen LogP contribution >= 0.6 is 0 Å². The summed E-state index contributed by atoms with van der Waals surface area (Å²) in [5.41, 5.74) is 6.88. The van der Waals surface area contributed by atoms with E-state index in [0.717, 1.165) is 43.8 Å². The number of benzene rings is 1. The maximum Gasteiger partial charge on any atom is 0.119 e. The number of rotatable bonds is 3. The molecule has 2 fully saturated rings. The summed E-state index contributed by atoms with van der Waals surface area (Å²) in [4.78, 5) is 0. The molecular formula is C16H23NO3. The van der Waals surface area contributed by atoms with Crippen molar-refractivity contribution in [3.63, 3.8) is 0 Å². The molecule has 3 atom stereocenters. The van der Waals surface area contributed by atoms with Gasteiger partial charge >= 0.3 is 0 Å². The maximum atomic E-state index is 6.10. The van der Waals surface area contributed by atoms with Crippen LogP contribution in [0.1, 0.15) is 37.8 Å². The van der Waals surface area contributed by atoms with E-state index in [-0.39, 0.29) is 17.7 Å². The lowest BCUT2D eigenvalue weighted by molar-refractivity contribution is -0.112. The molecule has 0 bridgehead atoms. The van der Waals surface area contributed by atoms with Crippen LogP contribution < -0.4 is 10.5 Å². The van der Waals surface area contributed by atoms with E-state index in [9.17, 15) is 0 Å². The molecule has 0 aliphatic carbocycles. The van der Waals surface area contributed by atoms with E-state index >= 15 is 0 Å². The monoisotopic (exact) mass is 277 g/mol. The quantitative estimate of drug-likeness (QED) is 0.922. The lowest BCUT2D eigenvalue weighted by Gasteiger charge is -2.37. The number of hydrogen-bond acceptors (Lipinski definition) is 4. The van der Waals surface area contributed by atoms with E-state index in [1.54, 1.807) is 0 Å². The second-order valence-electron chi connectivity index (χ2n) is 5.92. The fourth-order valence-corrected chi connectivity index (χ4v) is 2.99. The van der Waals surface area contributed by atoms with Crippen molar-refractivity contribution in [3.8, 4) is 5.75 Å². The third-order valence-corrected chi connectivity index (χ3v) is 4.22. The normalized spacial score (nSPS) is 31.4. The van der Waals surface area contributed by atoms with Gasteiger partial charge < -0.3 is 19.9 Å². The van der Waals surface area contributed by atoms with Crippen molar-refractivity contribution in [2.75, 3.05) is 19.8 Å². The first kappa shape index (κ1) is 13.9. The van der Waals surface area contributed by atoms with Gasteiger partial charge in [-0.25, -0.2) is 0 Å². The molecule has 1 aromatic carbocycles. The van der Waals surface area contributed by atoms with Crippen LogP contribution in [0.15, 0.2) is 24.3 Å². The van der Waals surface area contributed by atoms with Crippen LogP contribution in [-0.4, -0.2) is 31.5 Å². The van der Waals surface area contributed by atoms with Crippen molar-refractivity contribution < 1.29 is 14.2 Å². The van der Waals surface area contributed by atoms with Crippen LogP contribution in [0.5, 0.6) is 5.75 Å². The molecule has 0 radical (unpaired) electrons. The summed E-state index contributed by atoms with van der Waals surface area (Å²) < 4.78 is 17.5. The predicted molar refractivity (Wildman–Crippen MR) is 76.8 cm³/mol. The van der Waals surface area contributed by atoms with Gasteiger partial charge in [0.25, 0.3) is 0 Å². The summed E-state index contributed by atoms with van der Waals surface area (Å²) >= 11 is 0. The number of ether oxygens (including phenoxy) is 3. The van der Waals surface area contributed by atoms with Gasteiger partial charge in [0.05, 0.1) is 18.8 Å². The molecule has 2 saturated heterocycles. The zero-order chi connectivity index (χ0) is 14.0. The van der Waals surface area contributed by atoms with Gasteiger partial charge in [-0.15, -0.1) is 0 Å². The summed E-state index contributed by atoms with van der Waals surface area (Å²) in [6.45, 7) is 4.25. The number of nitrogens with two attached hydrogens (primary N) is 1. The highest BCUT2D eigenvalue weighted by atomic mass is 16.6. The standard InChI is InChI=1S/C16H23NO3/c1-12(17)13-2-4-14(5-3-13)20-15-6-8-19-16(10-15)7-9-18-11-16/h2-5,12,15H,6-11,17H2,1H3/t12-,15?,16?/m0/s1. The van der Waals surface area contributed by atoms with E-state index in [4.69, 9.17) is 19.9 Å². The first-order valence-corrected chi connectivity index (χ1v) is 7.41. The fraction of sp³-hybridized carbons (Fsp3) is 0.625. The van der Waals surface area contributed by atoms with Gasteiger partial charge in [0.1, 0.15) is 11.9 Å². The van der Waals surface area contributed by atoms with Crippen LogP contribution in [0.25, 0.3) is 0 Å². The first-order chi connectivity index (χ1) is 9.67. The van der Waals surface area contributed by atoms with Crippen LogP contribution in [0.2, 0.25) is 0 Å². The Morgan fingerprint density at radius 2 is 2.10 bits per heavy atom. The molecule has 0 aromatic heterocycles. The molecule has 4 heteroatoms. The molecule has 110 valence electrons. The molecule has 2 N–H and O–H groups in total. The number of hydrogen-bond donors (Lipinski definition) is 1. The third-order valence-electron chi connectivity index (χ3n) is 4.22. The molecule has 2 aliphatic heterocycles. The van der Waals surface area contributed by atoms with Crippen molar-refractivity contribution in [2.45, 2.75) is 43.9 Å². The zero-order valence-electron chi connectivity index (χ0n) is 12.0. The lowest BCUT2D eigenvalue weighted by atomic mass is 9.91. The van der Waals surface area contributed by atoms with E-state index < -0.39 is 0 Å². The molecule has 0 saturated carbocycles. The Morgan fingerprint density at radius 3 is 2.75 bits per heavy atom. The van der Waals surface area contributed by atoms with E-state index in [1.807, 2.05) is 31.2 Å². The third kappa shape index (κ3) is 2.97. The maximum absolute atomic E-state index is 6.10. The average Bonchev–Trinajstić information content (AvgIpc) is 2.87. The van der Waals surface area contributed by atoms with Gasteiger partial charge in [-0.1, -0.05) is 12.1 Å². The van der Waals surface area contributed by atoms with E-state index in [0.29, 0.717) is 6.61 Å². The molecule has 3 rings (SSSR count). The highest BCUT2D eigenvalue weighted by molar-refractivity contribution is 5.29. The van der Waals surface area contributed by atoms with Gasteiger partial charge in [0, 0.05) is 31.9 Å². The first-order valence-electron chi connectivity index (χ1n) is 7.41. The fourth-order valence-electron chi connectivity index (χ4n) is 2.99. The van der Waals surface area contributed by atoms with Crippen molar-refractivity contribution >= 4 is 0 Å². The smallest absolute Gasteiger partial charge is 0.119 e. The van der Waals surface area contributed by atoms with E-state index in [1.165, 1.54) is 0 Å². The zero-order valence-corrected chi connectivity index (χ0v) is 12.0.